The topological polar surface area (TPSA) is 15.3 Å². The number of hydrogen-bond donors (Lipinski definition) is 1. The number of nitrogens with one attached hydrogen (secondary N) is 1. The van der Waals surface area contributed by atoms with E-state index in [1.165, 1.54) is 71.1 Å². The van der Waals surface area contributed by atoms with E-state index in [-0.39, 0.29) is 0 Å². The second-order valence-corrected chi connectivity index (χ2v) is 7.96. The first kappa shape index (κ1) is 21.0. The molecule has 1 N–H and O–H groups in total. The monoisotopic (exact) mass is 324 g/mol. The lowest BCUT2D eigenvalue weighted by atomic mass is 9.57. The quantitative estimate of drug-likeness (QED) is 0.749. The summed E-state index contributed by atoms with van der Waals surface area (Å²) in [5.74, 6) is 3.05. The van der Waals surface area contributed by atoms with Crippen molar-refractivity contribution in [2.45, 2.75) is 79.6 Å². The number of rotatable bonds is 5. The summed E-state index contributed by atoms with van der Waals surface area (Å²) in [6, 6.07) is 0. The Morgan fingerprint density at radius 1 is 0.913 bits per heavy atom. The molecule has 1 aliphatic heterocycles. The predicted octanol–water partition coefficient (Wildman–Crippen LogP) is 5.19. The van der Waals surface area contributed by atoms with E-state index < -0.39 is 0 Å². The summed E-state index contributed by atoms with van der Waals surface area (Å²) in [6.45, 7) is 15.9. The van der Waals surface area contributed by atoms with Crippen molar-refractivity contribution in [2.24, 2.45) is 23.2 Å². The van der Waals surface area contributed by atoms with Gasteiger partial charge in [-0.3, -0.25) is 0 Å². The molecule has 23 heavy (non-hydrogen) atoms. The van der Waals surface area contributed by atoms with Crippen LogP contribution in [0.15, 0.2) is 0 Å². The van der Waals surface area contributed by atoms with Crippen LogP contribution in [-0.4, -0.2) is 38.1 Å². The van der Waals surface area contributed by atoms with Gasteiger partial charge in [0.15, 0.2) is 0 Å². The Labute approximate surface area is 146 Å². The third kappa shape index (κ3) is 6.05. The Kier molecular flexibility index (Phi) is 9.77. The van der Waals surface area contributed by atoms with E-state index in [9.17, 15) is 0 Å². The van der Waals surface area contributed by atoms with Crippen LogP contribution < -0.4 is 5.32 Å². The van der Waals surface area contributed by atoms with Crippen molar-refractivity contribution in [3.8, 4) is 0 Å². The molecule has 0 aromatic rings. The molecule has 2 nitrogen and oxygen atoms in total. The molecule has 0 atom stereocenters. The van der Waals surface area contributed by atoms with Crippen LogP contribution in [0.4, 0.5) is 0 Å². The zero-order valence-corrected chi connectivity index (χ0v) is 17.0. The van der Waals surface area contributed by atoms with Crippen LogP contribution in [0.25, 0.3) is 0 Å². The minimum Gasteiger partial charge on any atom is -0.320 e. The molecule has 0 aromatic heterocycles. The molecule has 3 rings (SSSR count). The first-order chi connectivity index (χ1) is 11.2. The maximum atomic E-state index is 3.29. The van der Waals surface area contributed by atoms with Gasteiger partial charge in [0.2, 0.25) is 0 Å². The second kappa shape index (κ2) is 10.7. The number of likely N-dealkylation sites (tertiary alicyclic amines) is 1. The highest BCUT2D eigenvalue weighted by Gasteiger charge is 2.51. The van der Waals surface area contributed by atoms with E-state index in [4.69, 9.17) is 0 Å². The van der Waals surface area contributed by atoms with E-state index in [0.717, 1.165) is 23.2 Å². The highest BCUT2D eigenvalue weighted by atomic mass is 15.2. The Balaban J connectivity index is 0.000000615. The Morgan fingerprint density at radius 3 is 2.00 bits per heavy atom. The van der Waals surface area contributed by atoms with Crippen LogP contribution in [0.2, 0.25) is 0 Å². The Bertz CT molecular complexity index is 280. The van der Waals surface area contributed by atoms with E-state index >= 15 is 0 Å². The van der Waals surface area contributed by atoms with E-state index in [1.807, 2.05) is 27.7 Å². The second-order valence-electron chi connectivity index (χ2n) is 7.96. The zero-order chi connectivity index (χ0) is 17.3. The summed E-state index contributed by atoms with van der Waals surface area (Å²) in [4.78, 5) is 2.76. The van der Waals surface area contributed by atoms with E-state index in [0.29, 0.717) is 0 Å². The Hall–Kier alpha value is -0.0800. The van der Waals surface area contributed by atoms with Gasteiger partial charge in [0, 0.05) is 19.6 Å². The highest BCUT2D eigenvalue weighted by molar-refractivity contribution is 5.04. The van der Waals surface area contributed by atoms with Crippen LogP contribution in [0, 0.1) is 23.2 Å². The average Bonchev–Trinajstić information content (AvgIpc) is 2.53. The molecule has 3 aliphatic rings. The van der Waals surface area contributed by atoms with Gasteiger partial charge in [0.05, 0.1) is 0 Å². The van der Waals surface area contributed by atoms with Gasteiger partial charge >= 0.3 is 0 Å². The number of nitrogens with zero attached hydrogens (tertiary/aromatic N) is 1. The van der Waals surface area contributed by atoms with Gasteiger partial charge in [-0.15, -0.1) is 0 Å². The maximum absolute atomic E-state index is 3.29. The molecule has 0 aromatic carbocycles. The van der Waals surface area contributed by atoms with Gasteiger partial charge in [0.25, 0.3) is 0 Å². The summed E-state index contributed by atoms with van der Waals surface area (Å²) in [5.41, 5.74) is 0.778. The van der Waals surface area contributed by atoms with Crippen molar-refractivity contribution in [3.63, 3.8) is 0 Å². The van der Waals surface area contributed by atoms with Crippen molar-refractivity contribution in [3.05, 3.63) is 0 Å². The smallest absolute Gasteiger partial charge is 0.00508 e. The van der Waals surface area contributed by atoms with Gasteiger partial charge in [-0.25, -0.2) is 0 Å². The lowest BCUT2D eigenvalue weighted by Crippen LogP contribution is -2.63. The molecule has 0 radical (unpaired) electrons. The van der Waals surface area contributed by atoms with Crippen LogP contribution in [0.3, 0.4) is 0 Å². The van der Waals surface area contributed by atoms with E-state index in [1.54, 1.807) is 0 Å². The van der Waals surface area contributed by atoms with E-state index in [2.05, 4.69) is 24.2 Å². The predicted molar refractivity (Wildman–Crippen MR) is 104 cm³/mol. The minimum absolute atomic E-state index is 0.778. The molecule has 0 amide bonds. The molecule has 1 saturated heterocycles. The van der Waals surface area contributed by atoms with Gasteiger partial charge < -0.3 is 10.2 Å². The lowest BCUT2D eigenvalue weighted by molar-refractivity contribution is -0.102. The molecule has 1 heterocycles. The molecule has 2 heteroatoms. The third-order valence-corrected chi connectivity index (χ3v) is 6.02. The van der Waals surface area contributed by atoms with Crippen molar-refractivity contribution < 1.29 is 0 Å². The minimum atomic E-state index is 0.778. The van der Waals surface area contributed by atoms with Crippen molar-refractivity contribution in [1.29, 1.82) is 0 Å². The molecule has 0 bridgehead atoms. The van der Waals surface area contributed by atoms with Crippen molar-refractivity contribution in [1.82, 2.24) is 10.2 Å². The largest absolute Gasteiger partial charge is 0.320 e. The van der Waals surface area contributed by atoms with Gasteiger partial charge in [-0.2, -0.15) is 0 Å². The van der Waals surface area contributed by atoms with Crippen LogP contribution in [0.1, 0.15) is 79.6 Å². The fourth-order valence-electron chi connectivity index (χ4n) is 4.88. The molecule has 138 valence electrons. The molecular formula is C21H44N2. The standard InChI is InChI=1S/C17H32N2.2C2H6/c1-14-3-5-15(6-4-14)11-19-12-17(13-19)9-16(10-17)7-8-18-2;2*1-2/h14-16,18H,3-13H2,1-2H3;2*1-2H3. The lowest BCUT2D eigenvalue weighted by Gasteiger charge is -2.60. The normalized spacial score (nSPS) is 29.5. The summed E-state index contributed by atoms with van der Waals surface area (Å²) in [5, 5.41) is 3.29. The van der Waals surface area contributed by atoms with Crippen LogP contribution in [-0.2, 0) is 0 Å². The first-order valence-corrected chi connectivity index (χ1v) is 10.6. The number of hydrogen-bond acceptors (Lipinski definition) is 2. The Morgan fingerprint density at radius 2 is 1.48 bits per heavy atom. The molecule has 2 saturated carbocycles. The van der Waals surface area contributed by atoms with Gasteiger partial charge in [-0.05, 0) is 68.9 Å². The van der Waals surface area contributed by atoms with Crippen molar-refractivity contribution in [2.75, 3.05) is 33.2 Å². The zero-order valence-electron chi connectivity index (χ0n) is 17.0. The van der Waals surface area contributed by atoms with Gasteiger partial charge in [0.1, 0.15) is 0 Å². The molecule has 1 spiro atoms. The summed E-state index contributed by atoms with van der Waals surface area (Å²) in [6.07, 6.45) is 10.4. The van der Waals surface area contributed by atoms with Crippen LogP contribution in [0.5, 0.6) is 0 Å². The molecule has 3 fully saturated rings. The first-order valence-electron chi connectivity index (χ1n) is 10.6. The highest BCUT2D eigenvalue weighted by Crippen LogP contribution is 2.53. The maximum Gasteiger partial charge on any atom is 0.00508 e. The fourth-order valence-corrected chi connectivity index (χ4v) is 4.88. The third-order valence-electron chi connectivity index (χ3n) is 6.02. The summed E-state index contributed by atoms with van der Waals surface area (Å²) < 4.78 is 0. The molecular weight excluding hydrogens is 280 g/mol. The molecule has 2 aliphatic carbocycles. The van der Waals surface area contributed by atoms with Crippen molar-refractivity contribution >= 4 is 0 Å². The average molecular weight is 325 g/mol. The fraction of sp³-hybridized carbons (Fsp3) is 1.00. The summed E-state index contributed by atoms with van der Waals surface area (Å²) in [7, 11) is 2.07. The van der Waals surface area contributed by atoms with Crippen LogP contribution >= 0.6 is 0 Å². The molecule has 0 unspecified atom stereocenters. The SMILES string of the molecule is CC.CC.CNCCC1CC2(C1)CN(CC1CCC(C)CC1)C2. The summed E-state index contributed by atoms with van der Waals surface area (Å²) >= 11 is 0. The van der Waals surface area contributed by atoms with Gasteiger partial charge in [-0.1, -0.05) is 47.5 Å².